The van der Waals surface area contributed by atoms with Gasteiger partial charge < -0.3 is 4.90 Å². The standard InChI is InChI=1S/C13H29N5O/c1-11(13(19)15-14)12(2)18-9-7-17(8-10-18)6-5-16(3)4/h11-12H,5-10,14H2,1-4H3,(H,15,19). The fourth-order valence-electron chi connectivity index (χ4n) is 2.40. The molecule has 2 atom stereocenters. The van der Waals surface area contributed by atoms with Crippen LogP contribution in [0.3, 0.4) is 0 Å². The number of hydrazine groups is 1. The van der Waals surface area contributed by atoms with Crippen molar-refractivity contribution in [3.63, 3.8) is 0 Å². The number of carbonyl (C=O) groups excluding carboxylic acids is 1. The average Bonchev–Trinajstić information content (AvgIpc) is 2.43. The van der Waals surface area contributed by atoms with Crippen molar-refractivity contribution >= 4 is 5.91 Å². The van der Waals surface area contributed by atoms with Gasteiger partial charge in [-0.15, -0.1) is 0 Å². The number of piperazine rings is 1. The van der Waals surface area contributed by atoms with Crippen LogP contribution in [0, 0.1) is 5.92 Å². The van der Waals surface area contributed by atoms with Gasteiger partial charge in [-0.1, -0.05) is 6.92 Å². The van der Waals surface area contributed by atoms with E-state index in [0.717, 1.165) is 39.3 Å². The molecule has 1 heterocycles. The Hall–Kier alpha value is -0.690. The van der Waals surface area contributed by atoms with Crippen molar-refractivity contribution in [3.05, 3.63) is 0 Å². The van der Waals surface area contributed by atoms with Gasteiger partial charge in [-0.05, 0) is 21.0 Å². The van der Waals surface area contributed by atoms with Gasteiger partial charge in [0.15, 0.2) is 0 Å². The molecule has 1 amide bonds. The van der Waals surface area contributed by atoms with E-state index >= 15 is 0 Å². The summed E-state index contributed by atoms with van der Waals surface area (Å²) in [5.74, 6) is 5.05. The highest BCUT2D eigenvalue weighted by molar-refractivity contribution is 5.78. The van der Waals surface area contributed by atoms with E-state index in [0.29, 0.717) is 0 Å². The third kappa shape index (κ3) is 5.06. The lowest BCUT2D eigenvalue weighted by molar-refractivity contribution is -0.126. The van der Waals surface area contributed by atoms with Crippen LogP contribution >= 0.6 is 0 Å². The topological polar surface area (TPSA) is 64.8 Å². The van der Waals surface area contributed by atoms with E-state index in [4.69, 9.17) is 5.84 Å². The van der Waals surface area contributed by atoms with Crippen LogP contribution < -0.4 is 11.3 Å². The molecule has 6 nitrogen and oxygen atoms in total. The summed E-state index contributed by atoms with van der Waals surface area (Å²) < 4.78 is 0. The van der Waals surface area contributed by atoms with Crippen LogP contribution in [0.2, 0.25) is 0 Å². The van der Waals surface area contributed by atoms with Crippen LogP contribution in [-0.2, 0) is 4.79 Å². The summed E-state index contributed by atoms with van der Waals surface area (Å²) in [5, 5.41) is 0. The number of likely N-dealkylation sites (N-methyl/N-ethyl adjacent to an activating group) is 1. The highest BCUT2D eigenvalue weighted by Gasteiger charge is 2.27. The summed E-state index contributed by atoms with van der Waals surface area (Å²) in [6, 6.07) is 0.236. The molecule has 2 unspecified atom stereocenters. The van der Waals surface area contributed by atoms with Crippen molar-refractivity contribution in [2.75, 3.05) is 53.4 Å². The molecule has 6 heteroatoms. The fraction of sp³-hybridized carbons (Fsp3) is 0.923. The highest BCUT2D eigenvalue weighted by Crippen LogP contribution is 2.13. The molecular weight excluding hydrogens is 242 g/mol. The lowest BCUT2D eigenvalue weighted by atomic mass is 10.0. The first kappa shape index (κ1) is 16.4. The molecule has 19 heavy (non-hydrogen) atoms. The summed E-state index contributed by atoms with van der Waals surface area (Å²) in [7, 11) is 4.21. The van der Waals surface area contributed by atoms with Crippen molar-refractivity contribution in [1.82, 2.24) is 20.1 Å². The van der Waals surface area contributed by atoms with Crippen LogP contribution in [0.5, 0.6) is 0 Å². The van der Waals surface area contributed by atoms with Gasteiger partial charge >= 0.3 is 0 Å². The number of nitrogens with one attached hydrogen (secondary N) is 1. The molecule has 1 aliphatic heterocycles. The smallest absolute Gasteiger partial charge is 0.238 e. The molecule has 0 spiro atoms. The summed E-state index contributed by atoms with van der Waals surface area (Å²) in [4.78, 5) is 18.6. The van der Waals surface area contributed by atoms with Gasteiger partial charge in [0.05, 0.1) is 5.92 Å². The molecule has 0 aromatic rings. The van der Waals surface area contributed by atoms with Crippen molar-refractivity contribution in [2.24, 2.45) is 11.8 Å². The fourth-order valence-corrected chi connectivity index (χ4v) is 2.40. The molecular formula is C13H29N5O. The Bertz CT molecular complexity index is 276. The van der Waals surface area contributed by atoms with Crippen LogP contribution in [-0.4, -0.2) is 80.0 Å². The van der Waals surface area contributed by atoms with Gasteiger partial charge in [-0.25, -0.2) is 5.84 Å². The maximum atomic E-state index is 11.6. The number of rotatable bonds is 6. The Morgan fingerprint density at radius 1 is 1.26 bits per heavy atom. The first-order valence-corrected chi connectivity index (χ1v) is 7.07. The first-order valence-electron chi connectivity index (χ1n) is 7.07. The number of hydrogen-bond donors (Lipinski definition) is 2. The third-order valence-electron chi connectivity index (χ3n) is 4.13. The predicted octanol–water partition coefficient (Wildman–Crippen LogP) is -0.820. The Morgan fingerprint density at radius 2 is 1.84 bits per heavy atom. The second kappa shape index (κ2) is 7.79. The normalized spacial score (nSPS) is 21.4. The zero-order valence-corrected chi connectivity index (χ0v) is 12.7. The van der Waals surface area contributed by atoms with E-state index in [1.165, 1.54) is 0 Å². The Labute approximate surface area is 116 Å². The molecule has 1 fully saturated rings. The van der Waals surface area contributed by atoms with E-state index in [9.17, 15) is 4.79 Å². The summed E-state index contributed by atoms with van der Waals surface area (Å²) in [6.45, 7) is 10.5. The molecule has 112 valence electrons. The van der Waals surface area contributed by atoms with E-state index < -0.39 is 0 Å². The highest BCUT2D eigenvalue weighted by atomic mass is 16.2. The number of hydrogen-bond acceptors (Lipinski definition) is 5. The van der Waals surface area contributed by atoms with Gasteiger partial charge in [0.2, 0.25) is 5.91 Å². The maximum Gasteiger partial charge on any atom is 0.238 e. The molecule has 1 saturated heterocycles. The minimum atomic E-state index is -0.0810. The van der Waals surface area contributed by atoms with Crippen LogP contribution in [0.1, 0.15) is 13.8 Å². The molecule has 3 N–H and O–H groups in total. The Morgan fingerprint density at radius 3 is 2.32 bits per heavy atom. The molecule has 0 aromatic carbocycles. The van der Waals surface area contributed by atoms with Gasteiger partial charge in [-0.2, -0.15) is 0 Å². The monoisotopic (exact) mass is 271 g/mol. The van der Waals surface area contributed by atoms with Gasteiger partial charge in [0.25, 0.3) is 0 Å². The largest absolute Gasteiger partial charge is 0.308 e. The van der Waals surface area contributed by atoms with Crippen molar-refractivity contribution < 1.29 is 4.79 Å². The predicted molar refractivity (Wildman–Crippen MR) is 77.5 cm³/mol. The lowest BCUT2D eigenvalue weighted by Gasteiger charge is -2.39. The average molecular weight is 271 g/mol. The minimum absolute atomic E-state index is 0.0710. The van der Waals surface area contributed by atoms with E-state index in [1.807, 2.05) is 6.92 Å². The first-order chi connectivity index (χ1) is 8.95. The second-order valence-corrected chi connectivity index (χ2v) is 5.72. The van der Waals surface area contributed by atoms with Crippen molar-refractivity contribution in [2.45, 2.75) is 19.9 Å². The quantitative estimate of drug-likeness (QED) is 0.375. The second-order valence-electron chi connectivity index (χ2n) is 5.72. The van der Waals surface area contributed by atoms with E-state index in [1.54, 1.807) is 0 Å². The van der Waals surface area contributed by atoms with E-state index in [-0.39, 0.29) is 17.9 Å². The van der Waals surface area contributed by atoms with Gasteiger partial charge in [0, 0.05) is 45.3 Å². The maximum absolute atomic E-state index is 11.6. The van der Waals surface area contributed by atoms with Gasteiger partial charge in [0.1, 0.15) is 0 Å². The SMILES string of the molecule is CC(C(=O)NN)C(C)N1CCN(CCN(C)C)CC1. The molecule has 0 aliphatic carbocycles. The number of amides is 1. The number of nitrogens with zero attached hydrogens (tertiary/aromatic N) is 3. The zero-order chi connectivity index (χ0) is 14.4. The van der Waals surface area contributed by atoms with Gasteiger partial charge in [-0.3, -0.25) is 20.0 Å². The summed E-state index contributed by atoms with van der Waals surface area (Å²) in [5.41, 5.74) is 2.24. The van der Waals surface area contributed by atoms with Crippen molar-refractivity contribution in [1.29, 1.82) is 0 Å². The molecule has 0 bridgehead atoms. The summed E-state index contributed by atoms with van der Waals surface area (Å²) in [6.07, 6.45) is 0. The number of nitrogens with two attached hydrogens (primary N) is 1. The lowest BCUT2D eigenvalue weighted by Crippen LogP contribution is -2.54. The third-order valence-corrected chi connectivity index (χ3v) is 4.13. The van der Waals surface area contributed by atoms with Crippen molar-refractivity contribution in [3.8, 4) is 0 Å². The van der Waals surface area contributed by atoms with Crippen LogP contribution in [0.15, 0.2) is 0 Å². The molecule has 0 aromatic heterocycles. The van der Waals surface area contributed by atoms with Crippen LogP contribution in [0.25, 0.3) is 0 Å². The van der Waals surface area contributed by atoms with E-state index in [2.05, 4.69) is 41.1 Å². The van der Waals surface area contributed by atoms with Crippen LogP contribution in [0.4, 0.5) is 0 Å². The summed E-state index contributed by atoms with van der Waals surface area (Å²) >= 11 is 0. The Kier molecular flexibility index (Phi) is 6.71. The Balaban J connectivity index is 2.34. The minimum Gasteiger partial charge on any atom is -0.308 e. The molecule has 1 rings (SSSR count). The molecule has 0 radical (unpaired) electrons. The zero-order valence-electron chi connectivity index (χ0n) is 12.7. The molecule has 0 saturated carbocycles. The molecule has 1 aliphatic rings. The number of carbonyl (C=O) groups is 1.